The summed E-state index contributed by atoms with van der Waals surface area (Å²) < 4.78 is 7.67. The summed E-state index contributed by atoms with van der Waals surface area (Å²) in [5, 5.41) is 3.69. The lowest BCUT2D eigenvalue weighted by atomic mass is 10.0. The van der Waals surface area contributed by atoms with E-state index in [0.717, 1.165) is 24.0 Å². The lowest BCUT2D eigenvalue weighted by Crippen LogP contribution is -2.41. The van der Waals surface area contributed by atoms with Crippen molar-refractivity contribution in [1.82, 2.24) is 14.7 Å². The molecule has 2 aromatic carbocycles. The number of nitrogens with zero attached hydrogens (tertiary/aromatic N) is 2. The third kappa shape index (κ3) is 5.42. The molecule has 0 saturated carbocycles. The molecule has 2 aromatic heterocycles. The molecular weight excluding hydrogens is 466 g/mol. The highest BCUT2D eigenvalue weighted by Crippen LogP contribution is 2.36. The van der Waals surface area contributed by atoms with Crippen LogP contribution in [-0.2, 0) is 4.43 Å². The van der Waals surface area contributed by atoms with E-state index in [2.05, 4.69) is 44.2 Å². The molecule has 0 unspecified atom stereocenters. The molecule has 0 bridgehead atoms. The van der Waals surface area contributed by atoms with Crippen molar-refractivity contribution in [2.75, 3.05) is 13.2 Å². The van der Waals surface area contributed by atoms with Gasteiger partial charge < -0.3 is 9.74 Å². The molecule has 1 N–H and O–H groups in total. The molecule has 0 aliphatic rings. The minimum absolute atomic E-state index is 0.188. The SMILES string of the molecule is CC(C)(C)[Si](C)(C)OCCCCNC(=O)c1cccn2c(=O)c3cc(-c4ccccc4)ccc3nc12. The number of carbonyl (C=O) groups is 1. The molecule has 0 atom stereocenters. The summed E-state index contributed by atoms with van der Waals surface area (Å²) in [6, 6.07) is 19.0. The second-order valence-electron chi connectivity index (χ2n) is 10.7. The standard InChI is InChI=1S/C29H35N3O3Si/c1-29(2,3)36(4,5)35-19-10-9-17-30-27(33)23-14-11-18-32-26(23)31-25-16-15-22(20-24(25)28(32)34)21-12-7-6-8-13-21/h6-8,11-16,18,20H,9-10,17,19H2,1-5H3,(H,30,33). The minimum Gasteiger partial charge on any atom is -0.417 e. The molecule has 0 saturated heterocycles. The van der Waals surface area contributed by atoms with Gasteiger partial charge in [0.2, 0.25) is 0 Å². The number of nitrogens with one attached hydrogen (secondary N) is 1. The maximum Gasteiger partial charge on any atom is 0.265 e. The summed E-state index contributed by atoms with van der Waals surface area (Å²) in [6.07, 6.45) is 3.37. The molecule has 1 amide bonds. The van der Waals surface area contributed by atoms with Gasteiger partial charge in [-0.25, -0.2) is 4.98 Å². The van der Waals surface area contributed by atoms with Crippen LogP contribution in [0.2, 0.25) is 18.1 Å². The van der Waals surface area contributed by atoms with E-state index in [1.54, 1.807) is 18.3 Å². The molecule has 6 nitrogen and oxygen atoms in total. The molecular formula is C29H35N3O3Si. The van der Waals surface area contributed by atoms with Gasteiger partial charge in [-0.2, -0.15) is 0 Å². The van der Waals surface area contributed by atoms with Crippen molar-refractivity contribution >= 4 is 30.8 Å². The first-order valence-corrected chi connectivity index (χ1v) is 15.4. The van der Waals surface area contributed by atoms with Crippen LogP contribution in [0.5, 0.6) is 0 Å². The number of unbranched alkanes of at least 4 members (excludes halogenated alkanes) is 1. The fraction of sp³-hybridized carbons (Fsp3) is 0.345. The van der Waals surface area contributed by atoms with Gasteiger partial charge in [0, 0.05) is 19.3 Å². The summed E-state index contributed by atoms with van der Waals surface area (Å²) in [7, 11) is -1.75. The largest absolute Gasteiger partial charge is 0.417 e. The van der Waals surface area contributed by atoms with Crippen molar-refractivity contribution in [2.45, 2.75) is 51.7 Å². The molecule has 0 aliphatic carbocycles. The van der Waals surface area contributed by atoms with Crippen LogP contribution in [0.15, 0.2) is 71.7 Å². The first-order chi connectivity index (χ1) is 17.1. The van der Waals surface area contributed by atoms with Gasteiger partial charge in [-0.15, -0.1) is 0 Å². The highest BCUT2D eigenvalue weighted by atomic mass is 28.4. The Morgan fingerprint density at radius 3 is 2.47 bits per heavy atom. The monoisotopic (exact) mass is 501 g/mol. The number of aromatic nitrogens is 2. The average molecular weight is 502 g/mol. The fourth-order valence-electron chi connectivity index (χ4n) is 3.88. The van der Waals surface area contributed by atoms with Gasteiger partial charge in [-0.05, 0) is 66.4 Å². The Labute approximate surface area is 213 Å². The number of hydrogen-bond acceptors (Lipinski definition) is 4. The van der Waals surface area contributed by atoms with E-state index >= 15 is 0 Å². The van der Waals surface area contributed by atoms with Gasteiger partial charge in [0.15, 0.2) is 14.0 Å². The molecule has 0 aliphatic heterocycles. The Balaban J connectivity index is 1.48. The lowest BCUT2D eigenvalue weighted by Gasteiger charge is -2.36. The molecule has 0 spiro atoms. The van der Waals surface area contributed by atoms with Gasteiger partial charge in [-0.3, -0.25) is 14.0 Å². The van der Waals surface area contributed by atoms with Crippen molar-refractivity contribution in [2.24, 2.45) is 0 Å². The smallest absolute Gasteiger partial charge is 0.265 e. The van der Waals surface area contributed by atoms with Crippen molar-refractivity contribution in [3.8, 4) is 11.1 Å². The average Bonchev–Trinajstić information content (AvgIpc) is 2.85. The van der Waals surface area contributed by atoms with Crippen molar-refractivity contribution in [1.29, 1.82) is 0 Å². The van der Waals surface area contributed by atoms with Gasteiger partial charge >= 0.3 is 0 Å². The highest BCUT2D eigenvalue weighted by Gasteiger charge is 2.36. The van der Waals surface area contributed by atoms with E-state index in [4.69, 9.17) is 4.43 Å². The summed E-state index contributed by atoms with van der Waals surface area (Å²) in [5.41, 5.74) is 3.12. The van der Waals surface area contributed by atoms with E-state index in [-0.39, 0.29) is 16.5 Å². The Morgan fingerprint density at radius 1 is 1.00 bits per heavy atom. The van der Waals surface area contributed by atoms with E-state index in [1.165, 1.54) is 4.40 Å². The Hall–Kier alpha value is -3.29. The zero-order valence-corrected chi connectivity index (χ0v) is 22.8. The van der Waals surface area contributed by atoms with E-state index < -0.39 is 8.32 Å². The molecule has 0 radical (unpaired) electrons. The summed E-state index contributed by atoms with van der Waals surface area (Å²) in [5.74, 6) is -0.231. The van der Waals surface area contributed by atoms with E-state index in [9.17, 15) is 9.59 Å². The first-order valence-electron chi connectivity index (χ1n) is 12.5. The number of amides is 1. The number of hydrogen-bond donors (Lipinski definition) is 1. The van der Waals surface area contributed by atoms with Crippen LogP contribution >= 0.6 is 0 Å². The number of fused-ring (bicyclic) bond motifs is 2. The number of carbonyl (C=O) groups excluding carboxylic acids is 1. The summed E-state index contributed by atoms with van der Waals surface area (Å²) >= 11 is 0. The quantitative estimate of drug-likeness (QED) is 0.181. The van der Waals surface area contributed by atoms with Crippen LogP contribution < -0.4 is 10.9 Å². The Bertz CT molecular complexity index is 1440. The van der Waals surface area contributed by atoms with Crippen molar-refractivity contribution in [3.05, 3.63) is 82.8 Å². The first kappa shape index (κ1) is 25.8. The van der Waals surface area contributed by atoms with Crippen molar-refractivity contribution in [3.63, 3.8) is 0 Å². The van der Waals surface area contributed by atoms with Gasteiger partial charge in [0.05, 0.1) is 16.5 Å². The van der Waals surface area contributed by atoms with Crippen molar-refractivity contribution < 1.29 is 9.22 Å². The predicted octanol–water partition coefficient (Wildman–Crippen LogP) is 6.05. The topological polar surface area (TPSA) is 72.7 Å². The lowest BCUT2D eigenvalue weighted by molar-refractivity contribution is 0.0953. The molecule has 4 aromatic rings. The van der Waals surface area contributed by atoms with Gasteiger partial charge in [0.25, 0.3) is 11.5 Å². The van der Waals surface area contributed by atoms with Crippen LogP contribution in [0.4, 0.5) is 0 Å². The third-order valence-corrected chi connectivity index (χ3v) is 11.7. The number of pyridine rings is 1. The zero-order valence-electron chi connectivity index (χ0n) is 21.8. The van der Waals surface area contributed by atoms with Crippen LogP contribution in [0, 0.1) is 0 Å². The normalized spacial score (nSPS) is 12.2. The molecule has 7 heteroatoms. The van der Waals surface area contributed by atoms with Crippen LogP contribution in [0.3, 0.4) is 0 Å². The second-order valence-corrected chi connectivity index (χ2v) is 15.5. The third-order valence-electron chi connectivity index (χ3n) is 7.12. The van der Waals surface area contributed by atoms with Crippen LogP contribution in [0.25, 0.3) is 27.7 Å². The molecule has 4 rings (SSSR count). The van der Waals surface area contributed by atoms with Crippen LogP contribution in [-0.4, -0.2) is 36.8 Å². The maximum atomic E-state index is 13.3. The van der Waals surface area contributed by atoms with Gasteiger partial charge in [0.1, 0.15) is 0 Å². The zero-order chi connectivity index (χ0) is 25.9. The Morgan fingerprint density at radius 2 is 1.75 bits per heavy atom. The van der Waals surface area contributed by atoms with Crippen LogP contribution in [0.1, 0.15) is 44.0 Å². The molecule has 0 fully saturated rings. The van der Waals surface area contributed by atoms with E-state index in [1.807, 2.05) is 48.5 Å². The summed E-state index contributed by atoms with van der Waals surface area (Å²) in [4.78, 5) is 31.0. The van der Waals surface area contributed by atoms with Gasteiger partial charge in [-0.1, -0.05) is 57.2 Å². The Kier molecular flexibility index (Phi) is 7.43. The molecule has 188 valence electrons. The molecule has 36 heavy (non-hydrogen) atoms. The number of benzene rings is 2. The summed E-state index contributed by atoms with van der Waals surface area (Å²) in [6.45, 7) is 12.4. The predicted molar refractivity (Wildman–Crippen MR) is 149 cm³/mol. The minimum atomic E-state index is -1.75. The second kappa shape index (κ2) is 10.4. The van der Waals surface area contributed by atoms with E-state index in [0.29, 0.717) is 35.3 Å². The maximum absolute atomic E-state index is 13.3. The highest BCUT2D eigenvalue weighted by molar-refractivity contribution is 6.74. The number of rotatable bonds is 8. The fourth-order valence-corrected chi connectivity index (χ4v) is 4.97. The molecule has 2 heterocycles.